The van der Waals surface area contributed by atoms with Gasteiger partial charge in [-0.15, -0.1) is 0 Å². The van der Waals surface area contributed by atoms with E-state index in [9.17, 15) is 9.90 Å². The van der Waals surface area contributed by atoms with Crippen LogP contribution in [0.2, 0.25) is 0 Å². The minimum absolute atomic E-state index is 0.499. The van der Waals surface area contributed by atoms with Crippen molar-refractivity contribution in [1.82, 2.24) is 9.78 Å². The van der Waals surface area contributed by atoms with Gasteiger partial charge in [0.25, 0.3) is 0 Å². The third-order valence-electron chi connectivity index (χ3n) is 4.10. The summed E-state index contributed by atoms with van der Waals surface area (Å²) in [5.74, 6) is -0.738. The number of ether oxygens (including phenoxy) is 1. The Kier molecular flexibility index (Phi) is 3.75. The summed E-state index contributed by atoms with van der Waals surface area (Å²) in [4.78, 5) is 11.7. The summed E-state index contributed by atoms with van der Waals surface area (Å²) in [7, 11) is 0. The van der Waals surface area contributed by atoms with Gasteiger partial charge in [0.2, 0.25) is 0 Å². The first-order valence-corrected chi connectivity index (χ1v) is 7.10. The van der Waals surface area contributed by atoms with Crippen LogP contribution in [0.5, 0.6) is 0 Å². The van der Waals surface area contributed by atoms with E-state index < -0.39 is 11.4 Å². The molecule has 1 N–H and O–H groups in total. The number of carboxylic acids is 1. The lowest BCUT2D eigenvalue weighted by atomic mass is 9.76. The maximum absolute atomic E-state index is 11.7. The second-order valence-corrected chi connectivity index (χ2v) is 5.50. The van der Waals surface area contributed by atoms with Crippen LogP contribution < -0.4 is 0 Å². The van der Waals surface area contributed by atoms with Gasteiger partial charge in [-0.2, -0.15) is 5.10 Å². The fourth-order valence-corrected chi connectivity index (χ4v) is 2.79. The lowest BCUT2D eigenvalue weighted by Crippen LogP contribution is -2.39. The highest BCUT2D eigenvalue weighted by atomic mass is 16.5. The Hall–Kier alpha value is -2.14. The van der Waals surface area contributed by atoms with Gasteiger partial charge in [0.15, 0.2) is 0 Å². The van der Waals surface area contributed by atoms with Crippen LogP contribution in [0.3, 0.4) is 0 Å². The molecule has 5 heteroatoms. The number of carbonyl (C=O) groups is 1. The van der Waals surface area contributed by atoms with Crippen molar-refractivity contribution in [3.63, 3.8) is 0 Å². The van der Waals surface area contributed by atoms with Gasteiger partial charge in [0.1, 0.15) is 0 Å². The van der Waals surface area contributed by atoms with Crippen LogP contribution in [-0.4, -0.2) is 34.1 Å². The van der Waals surface area contributed by atoms with Gasteiger partial charge < -0.3 is 9.84 Å². The predicted octanol–water partition coefficient (Wildman–Crippen LogP) is 2.30. The molecule has 110 valence electrons. The highest BCUT2D eigenvalue weighted by Gasteiger charge is 2.40. The SMILES string of the molecule is O=C(O)C1(Cc2cnn(-c3ccccc3)c2)CCOCC1. The van der Waals surface area contributed by atoms with Crippen molar-refractivity contribution in [1.29, 1.82) is 0 Å². The Balaban J connectivity index is 1.81. The van der Waals surface area contributed by atoms with E-state index in [0.29, 0.717) is 32.5 Å². The monoisotopic (exact) mass is 286 g/mol. The van der Waals surface area contributed by atoms with Crippen LogP contribution in [-0.2, 0) is 16.0 Å². The molecular weight excluding hydrogens is 268 g/mol. The number of nitrogens with zero attached hydrogens (tertiary/aromatic N) is 2. The van der Waals surface area contributed by atoms with Crippen LogP contribution in [0.15, 0.2) is 42.7 Å². The van der Waals surface area contributed by atoms with Gasteiger partial charge in [0.05, 0.1) is 17.3 Å². The number of benzene rings is 1. The van der Waals surface area contributed by atoms with Gasteiger partial charge in [-0.1, -0.05) is 18.2 Å². The van der Waals surface area contributed by atoms with Crippen molar-refractivity contribution in [2.45, 2.75) is 19.3 Å². The topological polar surface area (TPSA) is 64.3 Å². The van der Waals surface area contributed by atoms with E-state index in [1.807, 2.05) is 36.5 Å². The zero-order chi connectivity index (χ0) is 14.7. The highest BCUT2D eigenvalue weighted by molar-refractivity contribution is 5.75. The number of hydrogen-bond acceptors (Lipinski definition) is 3. The first-order valence-electron chi connectivity index (χ1n) is 7.10. The molecule has 2 heterocycles. The minimum atomic E-state index is -0.738. The number of rotatable bonds is 4. The average molecular weight is 286 g/mol. The maximum atomic E-state index is 11.7. The van der Waals surface area contributed by atoms with Crippen LogP contribution in [0, 0.1) is 5.41 Å². The van der Waals surface area contributed by atoms with Gasteiger partial charge in [0, 0.05) is 19.4 Å². The molecule has 0 bridgehead atoms. The fraction of sp³-hybridized carbons (Fsp3) is 0.375. The van der Waals surface area contributed by atoms with Crippen molar-refractivity contribution in [3.05, 3.63) is 48.3 Å². The van der Waals surface area contributed by atoms with Crippen LogP contribution in [0.25, 0.3) is 5.69 Å². The van der Waals surface area contributed by atoms with E-state index in [-0.39, 0.29) is 0 Å². The molecule has 0 saturated carbocycles. The summed E-state index contributed by atoms with van der Waals surface area (Å²) >= 11 is 0. The van der Waals surface area contributed by atoms with Crippen molar-refractivity contribution < 1.29 is 14.6 Å². The van der Waals surface area contributed by atoms with E-state index in [0.717, 1.165) is 11.3 Å². The average Bonchev–Trinajstić information content (AvgIpc) is 2.97. The summed E-state index contributed by atoms with van der Waals surface area (Å²) in [5.41, 5.74) is 1.20. The van der Waals surface area contributed by atoms with E-state index in [1.165, 1.54) is 0 Å². The number of aliphatic carboxylic acids is 1. The number of hydrogen-bond donors (Lipinski definition) is 1. The fourth-order valence-electron chi connectivity index (χ4n) is 2.79. The van der Waals surface area contributed by atoms with E-state index in [4.69, 9.17) is 4.74 Å². The Labute approximate surface area is 123 Å². The van der Waals surface area contributed by atoms with Gasteiger partial charge >= 0.3 is 5.97 Å². The quantitative estimate of drug-likeness (QED) is 0.936. The number of aromatic nitrogens is 2. The summed E-state index contributed by atoms with van der Waals surface area (Å²) in [6.45, 7) is 1.03. The molecule has 1 aromatic heterocycles. The van der Waals surface area contributed by atoms with Crippen molar-refractivity contribution >= 4 is 5.97 Å². The Morgan fingerprint density at radius 1 is 1.29 bits per heavy atom. The predicted molar refractivity (Wildman–Crippen MR) is 77.4 cm³/mol. The van der Waals surface area contributed by atoms with Gasteiger partial charge in [-0.25, -0.2) is 4.68 Å². The van der Waals surface area contributed by atoms with Crippen LogP contribution >= 0.6 is 0 Å². The molecule has 0 spiro atoms. The van der Waals surface area contributed by atoms with E-state index in [1.54, 1.807) is 10.9 Å². The molecule has 5 nitrogen and oxygen atoms in total. The van der Waals surface area contributed by atoms with Crippen LogP contribution in [0.1, 0.15) is 18.4 Å². The molecule has 2 aromatic rings. The van der Waals surface area contributed by atoms with E-state index >= 15 is 0 Å². The molecule has 0 aliphatic carbocycles. The molecule has 0 unspecified atom stereocenters. The molecule has 0 atom stereocenters. The highest BCUT2D eigenvalue weighted by Crippen LogP contribution is 2.34. The molecule has 1 aromatic carbocycles. The minimum Gasteiger partial charge on any atom is -0.481 e. The van der Waals surface area contributed by atoms with Crippen molar-refractivity contribution in [2.75, 3.05) is 13.2 Å². The first-order chi connectivity index (χ1) is 10.2. The molecule has 1 fully saturated rings. The Bertz CT molecular complexity index is 615. The zero-order valence-electron chi connectivity index (χ0n) is 11.7. The standard InChI is InChI=1S/C16H18N2O3/c19-15(20)16(6-8-21-9-7-16)10-13-11-17-18(12-13)14-4-2-1-3-5-14/h1-5,11-12H,6-10H2,(H,19,20). The lowest BCUT2D eigenvalue weighted by molar-refractivity contribution is -0.154. The first kappa shape index (κ1) is 13.8. The van der Waals surface area contributed by atoms with Gasteiger partial charge in [-0.05, 0) is 37.0 Å². The molecule has 1 saturated heterocycles. The summed E-state index contributed by atoms with van der Waals surface area (Å²) in [6.07, 6.45) is 5.28. The largest absolute Gasteiger partial charge is 0.481 e. The second kappa shape index (κ2) is 5.69. The van der Waals surface area contributed by atoms with Crippen LogP contribution in [0.4, 0.5) is 0 Å². The third-order valence-corrected chi connectivity index (χ3v) is 4.10. The summed E-state index contributed by atoms with van der Waals surface area (Å²) in [5, 5.41) is 13.9. The van der Waals surface area contributed by atoms with E-state index in [2.05, 4.69) is 5.10 Å². The summed E-state index contributed by atoms with van der Waals surface area (Å²) < 4.78 is 7.08. The molecular formula is C16H18N2O3. The second-order valence-electron chi connectivity index (χ2n) is 5.50. The molecule has 1 aliphatic rings. The number of para-hydroxylation sites is 1. The smallest absolute Gasteiger partial charge is 0.310 e. The molecule has 0 amide bonds. The Morgan fingerprint density at radius 3 is 2.67 bits per heavy atom. The summed E-state index contributed by atoms with van der Waals surface area (Å²) in [6, 6.07) is 9.80. The molecule has 0 radical (unpaired) electrons. The Morgan fingerprint density at radius 2 is 2.00 bits per heavy atom. The van der Waals surface area contributed by atoms with Crippen molar-refractivity contribution in [3.8, 4) is 5.69 Å². The maximum Gasteiger partial charge on any atom is 0.310 e. The normalized spacial score (nSPS) is 17.5. The van der Waals surface area contributed by atoms with Gasteiger partial charge in [-0.3, -0.25) is 4.79 Å². The zero-order valence-corrected chi connectivity index (χ0v) is 11.7. The molecule has 3 rings (SSSR count). The molecule has 21 heavy (non-hydrogen) atoms. The lowest BCUT2D eigenvalue weighted by Gasteiger charge is -2.32. The number of carboxylic acid groups (broad SMARTS) is 1. The molecule has 1 aliphatic heterocycles. The third kappa shape index (κ3) is 2.83. The van der Waals surface area contributed by atoms with Crippen molar-refractivity contribution in [2.24, 2.45) is 5.41 Å².